The van der Waals surface area contributed by atoms with Crippen molar-refractivity contribution in [2.75, 3.05) is 6.54 Å². The quantitative estimate of drug-likeness (QED) is 0.411. The number of nitrogens with zero attached hydrogens (tertiary/aromatic N) is 4. The molecule has 1 aromatic carbocycles. The molecule has 1 aliphatic rings. The zero-order valence-electron chi connectivity index (χ0n) is 14.3. The van der Waals surface area contributed by atoms with E-state index in [1.165, 1.54) is 25.0 Å². The van der Waals surface area contributed by atoms with Gasteiger partial charge in [-0.1, -0.05) is 12.1 Å². The van der Waals surface area contributed by atoms with Gasteiger partial charge in [0.1, 0.15) is 11.6 Å². The Morgan fingerprint density at radius 2 is 2.16 bits per heavy atom. The van der Waals surface area contributed by atoms with E-state index in [0.717, 1.165) is 36.7 Å². The predicted octanol–water partition coefficient (Wildman–Crippen LogP) is 2.63. The van der Waals surface area contributed by atoms with E-state index in [0.29, 0.717) is 19.0 Å². The van der Waals surface area contributed by atoms with Crippen LogP contribution in [0.15, 0.2) is 29.3 Å². The standard InChI is InChI=1S/C17H23FN6.HI/c1-2-19-17(20-11-13-6-5-7-14(18)10-13)21-12-16-23-22-15-8-3-4-9-24(15)16;/h5-7,10H,2-4,8-9,11-12H2,1H3,(H2,19,20,21);1H. The molecule has 0 unspecified atom stereocenters. The van der Waals surface area contributed by atoms with Crippen molar-refractivity contribution >= 4 is 29.9 Å². The number of hydrogen-bond acceptors (Lipinski definition) is 3. The van der Waals surface area contributed by atoms with E-state index in [2.05, 4.69) is 30.4 Å². The first kappa shape index (κ1) is 19.6. The first-order valence-corrected chi connectivity index (χ1v) is 8.44. The molecule has 0 saturated carbocycles. The number of rotatable bonds is 5. The maximum atomic E-state index is 13.2. The van der Waals surface area contributed by atoms with E-state index in [9.17, 15) is 4.39 Å². The van der Waals surface area contributed by atoms with Crippen LogP contribution in [0.25, 0.3) is 0 Å². The molecule has 0 bridgehead atoms. The monoisotopic (exact) mass is 458 g/mol. The van der Waals surface area contributed by atoms with Crippen molar-refractivity contribution in [3.8, 4) is 0 Å². The third kappa shape index (κ3) is 5.38. The van der Waals surface area contributed by atoms with Crippen molar-refractivity contribution in [3.63, 3.8) is 0 Å². The van der Waals surface area contributed by atoms with Gasteiger partial charge in [0.2, 0.25) is 0 Å². The maximum absolute atomic E-state index is 13.2. The van der Waals surface area contributed by atoms with Gasteiger partial charge in [0.05, 0.1) is 13.1 Å². The molecule has 0 saturated heterocycles. The van der Waals surface area contributed by atoms with E-state index in [4.69, 9.17) is 0 Å². The number of aryl methyl sites for hydroxylation is 1. The van der Waals surface area contributed by atoms with E-state index in [1.807, 2.05) is 13.0 Å². The molecule has 1 aliphatic heterocycles. The topological polar surface area (TPSA) is 67.1 Å². The molecule has 2 N–H and O–H groups in total. The summed E-state index contributed by atoms with van der Waals surface area (Å²) in [5.41, 5.74) is 0.840. The Bertz CT molecular complexity index is 715. The van der Waals surface area contributed by atoms with Gasteiger partial charge in [-0.3, -0.25) is 0 Å². The molecule has 0 aliphatic carbocycles. The number of benzene rings is 1. The summed E-state index contributed by atoms with van der Waals surface area (Å²) >= 11 is 0. The molecule has 136 valence electrons. The fourth-order valence-electron chi connectivity index (χ4n) is 2.81. The molecule has 0 atom stereocenters. The summed E-state index contributed by atoms with van der Waals surface area (Å²) in [7, 11) is 0. The van der Waals surface area contributed by atoms with Gasteiger partial charge in [-0.05, 0) is 37.5 Å². The summed E-state index contributed by atoms with van der Waals surface area (Å²) in [5, 5.41) is 15.0. The van der Waals surface area contributed by atoms with Crippen LogP contribution < -0.4 is 10.6 Å². The fraction of sp³-hybridized carbons (Fsp3) is 0.471. The van der Waals surface area contributed by atoms with Crippen molar-refractivity contribution in [1.82, 2.24) is 25.4 Å². The highest BCUT2D eigenvalue weighted by atomic mass is 127. The molecule has 2 heterocycles. The summed E-state index contributed by atoms with van der Waals surface area (Å²) in [4.78, 5) is 4.51. The molecule has 0 spiro atoms. The SMILES string of the molecule is CCNC(=NCc1cccc(F)c1)NCc1nnc2n1CCCC2.I. The van der Waals surface area contributed by atoms with Crippen LogP contribution in [0.4, 0.5) is 4.39 Å². The van der Waals surface area contributed by atoms with Crippen LogP contribution in [-0.2, 0) is 26.1 Å². The molecular formula is C17H24FIN6. The zero-order valence-corrected chi connectivity index (χ0v) is 16.7. The van der Waals surface area contributed by atoms with E-state index in [1.54, 1.807) is 6.07 Å². The number of halogens is 2. The van der Waals surface area contributed by atoms with Gasteiger partial charge in [0.15, 0.2) is 11.8 Å². The molecule has 0 amide bonds. The molecule has 1 aromatic heterocycles. The molecule has 3 rings (SSSR count). The highest BCUT2D eigenvalue weighted by molar-refractivity contribution is 14.0. The number of hydrogen-bond donors (Lipinski definition) is 2. The van der Waals surface area contributed by atoms with Crippen molar-refractivity contribution in [1.29, 1.82) is 0 Å². The number of guanidine groups is 1. The molecular weight excluding hydrogens is 434 g/mol. The van der Waals surface area contributed by atoms with Crippen molar-refractivity contribution in [2.24, 2.45) is 4.99 Å². The van der Waals surface area contributed by atoms with Gasteiger partial charge in [-0.25, -0.2) is 9.38 Å². The molecule has 0 fully saturated rings. The average molecular weight is 458 g/mol. The summed E-state index contributed by atoms with van der Waals surface area (Å²) in [6, 6.07) is 6.50. The highest BCUT2D eigenvalue weighted by Crippen LogP contribution is 2.14. The first-order valence-electron chi connectivity index (χ1n) is 8.44. The van der Waals surface area contributed by atoms with Crippen LogP contribution in [-0.4, -0.2) is 27.3 Å². The first-order chi connectivity index (χ1) is 11.8. The van der Waals surface area contributed by atoms with Crippen LogP contribution in [0.1, 0.15) is 37.0 Å². The van der Waals surface area contributed by atoms with E-state index < -0.39 is 0 Å². The lowest BCUT2D eigenvalue weighted by atomic mass is 10.2. The van der Waals surface area contributed by atoms with Gasteiger partial charge in [-0.15, -0.1) is 34.2 Å². The normalized spacial score (nSPS) is 13.8. The van der Waals surface area contributed by atoms with Crippen LogP contribution in [0.2, 0.25) is 0 Å². The Balaban J connectivity index is 0.00000225. The zero-order chi connectivity index (χ0) is 16.8. The summed E-state index contributed by atoms with van der Waals surface area (Å²) < 4.78 is 15.4. The van der Waals surface area contributed by atoms with Gasteiger partial charge < -0.3 is 15.2 Å². The summed E-state index contributed by atoms with van der Waals surface area (Å²) in [6.07, 6.45) is 3.36. The van der Waals surface area contributed by atoms with Crippen molar-refractivity contribution in [2.45, 2.75) is 45.8 Å². The number of aromatic nitrogens is 3. The number of fused-ring (bicyclic) bond motifs is 1. The largest absolute Gasteiger partial charge is 0.357 e. The second-order valence-corrected chi connectivity index (χ2v) is 5.82. The summed E-state index contributed by atoms with van der Waals surface area (Å²) in [5.74, 6) is 2.45. The minimum Gasteiger partial charge on any atom is -0.357 e. The predicted molar refractivity (Wildman–Crippen MR) is 106 cm³/mol. The molecule has 8 heteroatoms. The van der Waals surface area contributed by atoms with Gasteiger partial charge >= 0.3 is 0 Å². The summed E-state index contributed by atoms with van der Waals surface area (Å²) in [6.45, 7) is 4.74. The van der Waals surface area contributed by atoms with Crippen LogP contribution in [0, 0.1) is 5.82 Å². The third-order valence-electron chi connectivity index (χ3n) is 4.00. The minimum atomic E-state index is -0.240. The smallest absolute Gasteiger partial charge is 0.191 e. The lowest BCUT2D eigenvalue weighted by Gasteiger charge is -2.16. The van der Waals surface area contributed by atoms with Crippen LogP contribution in [0.3, 0.4) is 0 Å². The Kier molecular flexibility index (Phi) is 7.60. The maximum Gasteiger partial charge on any atom is 0.191 e. The van der Waals surface area contributed by atoms with Crippen molar-refractivity contribution < 1.29 is 4.39 Å². The van der Waals surface area contributed by atoms with Gasteiger partial charge in [-0.2, -0.15) is 0 Å². The Hall–Kier alpha value is -1.71. The average Bonchev–Trinajstić information content (AvgIpc) is 3.01. The second-order valence-electron chi connectivity index (χ2n) is 5.82. The highest BCUT2D eigenvalue weighted by Gasteiger charge is 2.15. The fourth-order valence-corrected chi connectivity index (χ4v) is 2.81. The lowest BCUT2D eigenvalue weighted by molar-refractivity contribution is 0.504. The Morgan fingerprint density at radius 3 is 2.96 bits per heavy atom. The van der Waals surface area contributed by atoms with E-state index >= 15 is 0 Å². The number of nitrogens with one attached hydrogen (secondary N) is 2. The van der Waals surface area contributed by atoms with Gasteiger partial charge in [0.25, 0.3) is 0 Å². The molecule has 6 nitrogen and oxygen atoms in total. The van der Waals surface area contributed by atoms with Gasteiger partial charge in [0, 0.05) is 19.5 Å². The molecule has 2 aromatic rings. The number of aliphatic imine (C=N–C) groups is 1. The lowest BCUT2D eigenvalue weighted by Crippen LogP contribution is -2.37. The van der Waals surface area contributed by atoms with E-state index in [-0.39, 0.29) is 29.8 Å². The molecule has 25 heavy (non-hydrogen) atoms. The third-order valence-corrected chi connectivity index (χ3v) is 4.00. The van der Waals surface area contributed by atoms with Crippen LogP contribution in [0.5, 0.6) is 0 Å². The second kappa shape index (κ2) is 9.69. The van der Waals surface area contributed by atoms with Crippen LogP contribution >= 0.6 is 24.0 Å². The van der Waals surface area contributed by atoms with Crippen molar-refractivity contribution in [3.05, 3.63) is 47.3 Å². The Morgan fingerprint density at radius 1 is 1.28 bits per heavy atom. The minimum absolute atomic E-state index is 0. The molecule has 0 radical (unpaired) electrons. The Labute approximate surface area is 164 Å².